The van der Waals surface area contributed by atoms with Gasteiger partial charge in [0.1, 0.15) is 8.24 Å². The molecule has 0 heterocycles. The molecule has 0 spiro atoms. The van der Waals surface area contributed by atoms with Crippen molar-refractivity contribution in [3.63, 3.8) is 0 Å². The first-order chi connectivity index (χ1) is 10.3. The summed E-state index contributed by atoms with van der Waals surface area (Å²) in [6, 6.07) is 5.48. The van der Waals surface area contributed by atoms with Gasteiger partial charge in [0.25, 0.3) is 0 Å². The highest BCUT2D eigenvalue weighted by molar-refractivity contribution is 6.77. The molecule has 0 saturated carbocycles. The van der Waals surface area contributed by atoms with E-state index < -0.39 is 16.6 Å². The van der Waals surface area contributed by atoms with Crippen LogP contribution in [0.15, 0.2) is 0 Å². The normalized spacial score (nSPS) is 13.4. The summed E-state index contributed by atoms with van der Waals surface area (Å²) in [7, 11) is 3.67. The molecule has 0 bridgehead atoms. The van der Waals surface area contributed by atoms with E-state index >= 15 is 0 Å². The quantitative estimate of drug-likeness (QED) is 0.361. The molecule has 5 heteroatoms. The first-order valence-corrected chi connectivity index (χ1v) is 14.9. The molecular formula is C17H42N2OSi2. The minimum atomic E-state index is -1.37. The van der Waals surface area contributed by atoms with Crippen LogP contribution in [0.5, 0.6) is 0 Å². The van der Waals surface area contributed by atoms with Gasteiger partial charge in [-0.3, -0.25) is 0 Å². The lowest BCUT2D eigenvalue weighted by Crippen LogP contribution is -2.54. The standard InChI is InChI=1S/C17H42N2OSi2/c1-9-22(10-2,11-3)19(16-15-18(4)5)14-12-13-17-21(7,8)20-6/h9-17H2,1-8H3. The third-order valence-electron chi connectivity index (χ3n) is 5.47. The van der Waals surface area contributed by atoms with Crippen LogP contribution in [-0.2, 0) is 4.43 Å². The molecule has 0 atom stereocenters. The lowest BCUT2D eigenvalue weighted by molar-refractivity contribution is 0.322. The van der Waals surface area contributed by atoms with E-state index in [9.17, 15) is 0 Å². The Hall–Kier alpha value is 0.314. The van der Waals surface area contributed by atoms with E-state index in [-0.39, 0.29) is 0 Å². The molecular weight excluding hydrogens is 304 g/mol. The second-order valence-electron chi connectivity index (χ2n) is 7.50. The molecule has 0 aliphatic heterocycles. The summed E-state index contributed by atoms with van der Waals surface area (Å²) in [6.45, 7) is 15.7. The Kier molecular flexibility index (Phi) is 11.1. The third-order valence-corrected chi connectivity index (χ3v) is 13.9. The van der Waals surface area contributed by atoms with Gasteiger partial charge in [0, 0.05) is 20.2 Å². The van der Waals surface area contributed by atoms with Crippen LogP contribution >= 0.6 is 0 Å². The van der Waals surface area contributed by atoms with Crippen LogP contribution in [0, 0.1) is 0 Å². The van der Waals surface area contributed by atoms with Crippen molar-refractivity contribution in [2.75, 3.05) is 40.8 Å². The first-order valence-electron chi connectivity index (χ1n) is 9.21. The van der Waals surface area contributed by atoms with E-state index in [1.54, 1.807) is 0 Å². The molecule has 0 aromatic heterocycles. The second kappa shape index (κ2) is 11.0. The first kappa shape index (κ1) is 22.3. The molecule has 0 aliphatic rings. The summed E-state index contributed by atoms with van der Waals surface area (Å²) in [5.41, 5.74) is 0. The summed E-state index contributed by atoms with van der Waals surface area (Å²) < 4.78 is 8.59. The summed E-state index contributed by atoms with van der Waals surface area (Å²) in [5, 5.41) is 0. The summed E-state index contributed by atoms with van der Waals surface area (Å²) >= 11 is 0. The molecule has 0 rings (SSSR count). The minimum absolute atomic E-state index is 1.19. The van der Waals surface area contributed by atoms with Gasteiger partial charge in [0.05, 0.1) is 0 Å². The Bertz CT molecular complexity index is 274. The van der Waals surface area contributed by atoms with Crippen LogP contribution in [0.4, 0.5) is 0 Å². The van der Waals surface area contributed by atoms with Crippen molar-refractivity contribution in [1.29, 1.82) is 0 Å². The zero-order valence-electron chi connectivity index (χ0n) is 16.7. The van der Waals surface area contributed by atoms with Gasteiger partial charge in [0.15, 0.2) is 8.32 Å². The number of unbranched alkanes of at least 4 members (excludes halogenated alkanes) is 1. The van der Waals surface area contributed by atoms with Gasteiger partial charge >= 0.3 is 0 Å². The highest BCUT2D eigenvalue weighted by Crippen LogP contribution is 2.26. The lowest BCUT2D eigenvalue weighted by Gasteiger charge is -2.41. The molecule has 0 N–H and O–H groups in total. The van der Waals surface area contributed by atoms with Crippen molar-refractivity contribution in [2.45, 2.75) is 70.9 Å². The van der Waals surface area contributed by atoms with E-state index in [1.807, 2.05) is 7.11 Å². The van der Waals surface area contributed by atoms with Crippen LogP contribution in [0.2, 0.25) is 37.3 Å². The Morgan fingerprint density at radius 1 is 0.818 bits per heavy atom. The minimum Gasteiger partial charge on any atom is -0.420 e. The SMILES string of the molecule is CC[Si](CC)(CC)N(CCCC[Si](C)(C)OC)CCN(C)C. The van der Waals surface area contributed by atoms with Crippen LogP contribution < -0.4 is 0 Å². The Labute approximate surface area is 142 Å². The molecule has 0 aliphatic carbocycles. The Balaban J connectivity index is 4.60. The van der Waals surface area contributed by atoms with Crippen molar-refractivity contribution in [3.8, 4) is 0 Å². The van der Waals surface area contributed by atoms with Gasteiger partial charge in [0.2, 0.25) is 0 Å². The average molecular weight is 347 g/mol. The van der Waals surface area contributed by atoms with Gasteiger partial charge < -0.3 is 13.9 Å². The predicted molar refractivity (Wildman–Crippen MR) is 106 cm³/mol. The summed E-state index contributed by atoms with van der Waals surface area (Å²) in [6.07, 6.45) is 2.66. The van der Waals surface area contributed by atoms with E-state index in [1.165, 1.54) is 56.7 Å². The number of nitrogens with zero attached hydrogens (tertiary/aromatic N) is 2. The number of hydrogen-bond donors (Lipinski definition) is 0. The van der Waals surface area contributed by atoms with Crippen LogP contribution in [-0.4, -0.2) is 66.9 Å². The maximum absolute atomic E-state index is 5.68. The zero-order chi connectivity index (χ0) is 17.2. The molecule has 0 aromatic rings. The van der Waals surface area contributed by atoms with Gasteiger partial charge in [-0.05, 0) is 64.3 Å². The van der Waals surface area contributed by atoms with Crippen molar-refractivity contribution in [2.24, 2.45) is 0 Å². The smallest absolute Gasteiger partial charge is 0.186 e. The van der Waals surface area contributed by atoms with Crippen LogP contribution in [0.25, 0.3) is 0 Å². The van der Waals surface area contributed by atoms with E-state index in [4.69, 9.17) is 4.43 Å². The van der Waals surface area contributed by atoms with Crippen LogP contribution in [0.3, 0.4) is 0 Å². The molecule has 0 radical (unpaired) electrons. The number of likely N-dealkylation sites (N-methyl/N-ethyl adjacent to an activating group) is 1. The largest absolute Gasteiger partial charge is 0.420 e. The average Bonchev–Trinajstić information content (AvgIpc) is 2.49. The maximum atomic E-state index is 5.68. The molecule has 0 saturated heterocycles. The second-order valence-corrected chi connectivity index (χ2v) is 17.1. The topological polar surface area (TPSA) is 15.7 Å². The predicted octanol–water partition coefficient (Wildman–Crippen LogP) is 4.49. The van der Waals surface area contributed by atoms with E-state index in [0.717, 1.165) is 0 Å². The van der Waals surface area contributed by atoms with E-state index in [2.05, 4.69) is 57.4 Å². The van der Waals surface area contributed by atoms with Gasteiger partial charge in [-0.15, -0.1) is 0 Å². The van der Waals surface area contributed by atoms with Gasteiger partial charge in [-0.25, -0.2) is 0 Å². The Morgan fingerprint density at radius 3 is 1.77 bits per heavy atom. The summed E-state index contributed by atoms with van der Waals surface area (Å²) in [4.78, 5) is 2.33. The van der Waals surface area contributed by atoms with Crippen molar-refractivity contribution >= 4 is 16.6 Å². The third kappa shape index (κ3) is 7.73. The monoisotopic (exact) mass is 346 g/mol. The fourth-order valence-corrected chi connectivity index (χ4v) is 8.64. The summed E-state index contributed by atoms with van der Waals surface area (Å²) in [5.74, 6) is 0. The molecule has 22 heavy (non-hydrogen) atoms. The molecule has 0 aromatic carbocycles. The highest BCUT2D eigenvalue weighted by atomic mass is 28.4. The van der Waals surface area contributed by atoms with E-state index in [0.29, 0.717) is 0 Å². The molecule has 0 amide bonds. The molecule has 134 valence electrons. The van der Waals surface area contributed by atoms with Crippen LogP contribution in [0.1, 0.15) is 33.6 Å². The van der Waals surface area contributed by atoms with Crippen molar-refractivity contribution in [3.05, 3.63) is 0 Å². The molecule has 3 nitrogen and oxygen atoms in total. The van der Waals surface area contributed by atoms with Gasteiger partial charge in [-0.2, -0.15) is 0 Å². The lowest BCUT2D eigenvalue weighted by atomic mass is 10.3. The van der Waals surface area contributed by atoms with Gasteiger partial charge in [-0.1, -0.05) is 27.2 Å². The Morgan fingerprint density at radius 2 is 1.36 bits per heavy atom. The highest BCUT2D eigenvalue weighted by Gasteiger charge is 2.33. The van der Waals surface area contributed by atoms with Crippen molar-refractivity contribution in [1.82, 2.24) is 9.47 Å². The zero-order valence-corrected chi connectivity index (χ0v) is 18.7. The maximum Gasteiger partial charge on any atom is 0.186 e. The number of hydrogen-bond acceptors (Lipinski definition) is 3. The number of rotatable bonds is 13. The fourth-order valence-electron chi connectivity index (χ4n) is 3.28. The van der Waals surface area contributed by atoms with Crippen molar-refractivity contribution < 1.29 is 4.43 Å². The molecule has 0 unspecified atom stereocenters. The fraction of sp³-hybridized carbons (Fsp3) is 1.00. The molecule has 0 fully saturated rings.